The second-order valence-corrected chi connectivity index (χ2v) is 8.02. The number of hydrogen-bond acceptors (Lipinski definition) is 7. The number of aromatic nitrogens is 5. The number of halogens is 2. The Balaban J connectivity index is 1.69. The highest BCUT2D eigenvalue weighted by Crippen LogP contribution is 2.26. The molecule has 0 aromatic carbocycles. The third-order valence-electron chi connectivity index (χ3n) is 4.46. The lowest BCUT2D eigenvalue weighted by molar-refractivity contribution is 0.144. The highest BCUT2D eigenvalue weighted by Gasteiger charge is 2.31. The van der Waals surface area contributed by atoms with Crippen LogP contribution in [0.15, 0.2) is 30.7 Å². The molecule has 0 saturated carbocycles. The van der Waals surface area contributed by atoms with Gasteiger partial charge in [-0.1, -0.05) is 0 Å². The van der Waals surface area contributed by atoms with Crippen LogP contribution >= 0.6 is 0 Å². The molecule has 1 aliphatic heterocycles. The lowest BCUT2D eigenvalue weighted by Gasteiger charge is -2.17. The molecule has 0 amide bonds. The number of rotatable bonds is 4. The molecular weight excluding hydrogens is 380 g/mol. The number of sulfonamides is 1. The van der Waals surface area contributed by atoms with E-state index in [1.165, 1.54) is 29.2 Å². The third-order valence-corrected chi connectivity index (χ3v) is 5.77. The summed E-state index contributed by atoms with van der Waals surface area (Å²) in [5.74, 6) is 0.520. The van der Waals surface area contributed by atoms with E-state index in [0.29, 0.717) is 35.8 Å². The van der Waals surface area contributed by atoms with Crippen molar-refractivity contribution < 1.29 is 17.2 Å². The van der Waals surface area contributed by atoms with Gasteiger partial charge in [0.25, 0.3) is 6.43 Å². The predicted molar refractivity (Wildman–Crippen MR) is 92.7 cm³/mol. The number of imidazole rings is 1. The Labute approximate surface area is 152 Å². The maximum Gasteiger partial charge on any atom is 0.282 e. The first kappa shape index (κ1) is 17.7. The van der Waals surface area contributed by atoms with Gasteiger partial charge in [0.15, 0.2) is 5.65 Å². The van der Waals surface area contributed by atoms with Crippen LogP contribution in [-0.2, 0) is 10.0 Å². The van der Waals surface area contributed by atoms with Crippen LogP contribution in [0.2, 0.25) is 0 Å². The molecule has 4 heterocycles. The van der Waals surface area contributed by atoms with Crippen LogP contribution in [0, 0.1) is 0 Å². The van der Waals surface area contributed by atoms with Gasteiger partial charge in [-0.05, 0) is 18.6 Å². The van der Waals surface area contributed by atoms with Crippen LogP contribution in [0.25, 0.3) is 17.0 Å². The van der Waals surface area contributed by atoms with E-state index in [2.05, 4.69) is 20.1 Å². The first-order valence-electron chi connectivity index (χ1n) is 8.05. The summed E-state index contributed by atoms with van der Waals surface area (Å²) in [7, 11) is -3.62. The second-order valence-electron chi connectivity index (χ2n) is 6.18. The van der Waals surface area contributed by atoms with Crippen LogP contribution < -0.4 is 10.0 Å². The van der Waals surface area contributed by atoms with Gasteiger partial charge in [0.2, 0.25) is 10.0 Å². The summed E-state index contributed by atoms with van der Waals surface area (Å²) in [6.07, 6.45) is 0.518. The van der Waals surface area contributed by atoms with Gasteiger partial charge in [-0.2, -0.15) is 5.10 Å². The van der Waals surface area contributed by atoms with E-state index in [9.17, 15) is 17.2 Å². The minimum absolute atomic E-state index is 0.232. The van der Waals surface area contributed by atoms with Crippen LogP contribution in [-0.4, -0.2) is 51.3 Å². The van der Waals surface area contributed by atoms with Crippen LogP contribution in [0.3, 0.4) is 0 Å². The molecule has 1 unspecified atom stereocenters. The number of nitrogens with zero attached hydrogens (tertiary/aromatic N) is 6. The summed E-state index contributed by atoms with van der Waals surface area (Å²) in [5.41, 5.74) is 0.903. The maximum atomic E-state index is 12.9. The van der Waals surface area contributed by atoms with Gasteiger partial charge in [-0.15, -0.1) is 0 Å². The fraction of sp³-hybridized carbons (Fsp3) is 0.333. The van der Waals surface area contributed by atoms with Gasteiger partial charge in [-0.25, -0.2) is 41.8 Å². The summed E-state index contributed by atoms with van der Waals surface area (Å²) in [4.78, 5) is 14.3. The fourth-order valence-corrected chi connectivity index (χ4v) is 3.86. The van der Waals surface area contributed by atoms with Gasteiger partial charge in [0, 0.05) is 19.2 Å². The normalized spacial score (nSPS) is 17.9. The summed E-state index contributed by atoms with van der Waals surface area (Å²) < 4.78 is 50.3. The largest absolute Gasteiger partial charge is 0.355 e. The molecular formula is C15H15F2N7O2S. The van der Waals surface area contributed by atoms with Crippen LogP contribution in [0.5, 0.6) is 0 Å². The molecule has 0 radical (unpaired) electrons. The number of alkyl halides is 2. The second kappa shape index (κ2) is 6.46. The first-order valence-corrected chi connectivity index (χ1v) is 9.65. The Morgan fingerprint density at radius 2 is 2.04 bits per heavy atom. The van der Waals surface area contributed by atoms with Gasteiger partial charge < -0.3 is 4.90 Å². The maximum absolute atomic E-state index is 12.9. The molecule has 1 saturated heterocycles. The van der Waals surface area contributed by atoms with Crippen molar-refractivity contribution in [2.24, 2.45) is 5.14 Å². The first-order chi connectivity index (χ1) is 12.8. The Hall–Kier alpha value is -2.73. The minimum Gasteiger partial charge on any atom is -0.355 e. The molecule has 142 valence electrons. The summed E-state index contributed by atoms with van der Waals surface area (Å²) >= 11 is 0. The molecule has 4 rings (SSSR count). The monoisotopic (exact) mass is 395 g/mol. The van der Waals surface area contributed by atoms with Crippen molar-refractivity contribution in [3.8, 4) is 11.4 Å². The molecule has 1 fully saturated rings. The van der Waals surface area contributed by atoms with E-state index < -0.39 is 21.7 Å². The zero-order valence-electron chi connectivity index (χ0n) is 13.9. The average molecular weight is 395 g/mol. The van der Waals surface area contributed by atoms with Crippen molar-refractivity contribution in [2.45, 2.75) is 18.1 Å². The third kappa shape index (κ3) is 3.32. The Morgan fingerprint density at radius 1 is 1.22 bits per heavy atom. The van der Waals surface area contributed by atoms with Crippen molar-refractivity contribution >= 4 is 21.5 Å². The number of primary sulfonamides is 1. The molecule has 9 nitrogen and oxygen atoms in total. The lowest BCUT2D eigenvalue weighted by atomic mass is 10.3. The Morgan fingerprint density at radius 3 is 2.74 bits per heavy atom. The quantitative estimate of drug-likeness (QED) is 0.699. The number of hydrogen-bond donors (Lipinski definition) is 1. The molecule has 2 N–H and O–H groups in total. The molecule has 1 aliphatic rings. The van der Waals surface area contributed by atoms with E-state index in [1.54, 1.807) is 11.0 Å². The molecule has 1 atom stereocenters. The molecule has 0 bridgehead atoms. The number of fused-ring (bicyclic) bond motifs is 1. The van der Waals surface area contributed by atoms with Crippen molar-refractivity contribution in [1.82, 2.24) is 24.6 Å². The average Bonchev–Trinajstić information content (AvgIpc) is 3.28. The SMILES string of the molecule is NS(=O)(=O)C1CCN(c2cc(-c3cnc4ccc(C(F)F)nn34)ncn2)C1. The predicted octanol–water partition coefficient (Wildman–Crippen LogP) is 0.991. The topological polar surface area (TPSA) is 119 Å². The smallest absolute Gasteiger partial charge is 0.282 e. The van der Waals surface area contributed by atoms with Gasteiger partial charge in [0.05, 0.1) is 17.1 Å². The zero-order valence-corrected chi connectivity index (χ0v) is 14.7. The van der Waals surface area contributed by atoms with Crippen LogP contribution in [0.4, 0.5) is 14.6 Å². The van der Waals surface area contributed by atoms with E-state index >= 15 is 0 Å². The van der Waals surface area contributed by atoms with E-state index in [1.807, 2.05) is 0 Å². The van der Waals surface area contributed by atoms with Crippen molar-refractivity contribution in [2.75, 3.05) is 18.0 Å². The summed E-state index contributed by atoms with van der Waals surface area (Å²) in [5, 5.41) is 8.49. The lowest BCUT2D eigenvalue weighted by Crippen LogP contribution is -2.32. The van der Waals surface area contributed by atoms with E-state index in [4.69, 9.17) is 5.14 Å². The van der Waals surface area contributed by atoms with Crippen molar-refractivity contribution in [3.05, 3.63) is 36.4 Å². The number of nitrogens with two attached hydrogens (primary N) is 1. The highest BCUT2D eigenvalue weighted by atomic mass is 32.2. The molecule has 27 heavy (non-hydrogen) atoms. The minimum atomic E-state index is -3.62. The van der Waals surface area contributed by atoms with Gasteiger partial charge >= 0.3 is 0 Å². The Kier molecular flexibility index (Phi) is 4.23. The molecule has 0 spiro atoms. The van der Waals surface area contributed by atoms with Gasteiger partial charge in [0.1, 0.15) is 23.5 Å². The van der Waals surface area contributed by atoms with Crippen molar-refractivity contribution in [3.63, 3.8) is 0 Å². The fourth-order valence-electron chi connectivity index (χ4n) is 3.04. The molecule has 3 aromatic rings. The highest BCUT2D eigenvalue weighted by molar-refractivity contribution is 7.89. The van der Waals surface area contributed by atoms with Gasteiger partial charge in [-0.3, -0.25) is 0 Å². The zero-order chi connectivity index (χ0) is 19.2. The molecule has 12 heteroatoms. The molecule has 0 aliphatic carbocycles. The van der Waals surface area contributed by atoms with E-state index in [0.717, 1.165) is 0 Å². The standard InChI is InChI=1S/C15H15F2N7O2S/c16-15(17)10-1-2-13-19-6-12(24(13)22-10)11-5-14(21-8-20-11)23-4-3-9(7-23)27(18,25)26/h1-2,5-6,8-9,15H,3-4,7H2,(H2,18,25,26). The number of anilines is 1. The summed E-state index contributed by atoms with van der Waals surface area (Å²) in [6, 6.07) is 4.32. The Bertz CT molecular complexity index is 1100. The van der Waals surface area contributed by atoms with Crippen molar-refractivity contribution in [1.29, 1.82) is 0 Å². The molecule has 3 aromatic heterocycles. The van der Waals surface area contributed by atoms with Crippen LogP contribution in [0.1, 0.15) is 18.5 Å². The summed E-state index contributed by atoms with van der Waals surface area (Å²) in [6.45, 7) is 0.717. The van der Waals surface area contributed by atoms with E-state index in [-0.39, 0.29) is 12.2 Å².